The number of alkyl carbamates (subject to hydrolysis) is 1. The van der Waals surface area contributed by atoms with Gasteiger partial charge in [-0.25, -0.2) is 4.79 Å². The van der Waals surface area contributed by atoms with Crippen molar-refractivity contribution < 1.29 is 32.8 Å². The van der Waals surface area contributed by atoms with Crippen molar-refractivity contribution in [3.8, 4) is 0 Å². The van der Waals surface area contributed by atoms with Gasteiger partial charge in [-0.05, 0) is 80.6 Å². The maximum absolute atomic E-state index is 12.2. The Labute approximate surface area is 331 Å². The third-order valence-corrected chi connectivity index (χ3v) is 16.7. The smallest absolute Gasteiger partial charge is 0.407 e. The molecule has 3 saturated carbocycles. The summed E-state index contributed by atoms with van der Waals surface area (Å²) in [6, 6.07) is 24.9. The SMILES string of the molecule is COC(=O)C1CCC(O[Si](c2ccccc2)(c2ccccc2)C(C)(C)C)C1.Cc1cc(CC(=O)Nc2cc([C@@]3(C)CC[C@@H](OC(=O)NC4(C)CC4)C3)[nH]n2)on1. The highest BCUT2D eigenvalue weighted by Crippen LogP contribution is 2.43. The molecule has 0 saturated heterocycles. The molecule has 13 heteroatoms. The second kappa shape index (κ2) is 16.8. The molecule has 2 aromatic carbocycles. The molecule has 0 radical (unpaired) electrons. The van der Waals surface area contributed by atoms with Gasteiger partial charge in [0.1, 0.15) is 11.9 Å². The maximum atomic E-state index is 12.2. The number of nitrogens with zero attached hydrogens (tertiary/aromatic N) is 2. The van der Waals surface area contributed by atoms with E-state index in [2.05, 4.69) is 114 Å². The van der Waals surface area contributed by atoms with Gasteiger partial charge in [0, 0.05) is 34.9 Å². The maximum Gasteiger partial charge on any atom is 0.407 e. The third-order valence-electron chi connectivity index (χ3n) is 11.6. The van der Waals surface area contributed by atoms with E-state index in [9.17, 15) is 14.4 Å². The fourth-order valence-electron chi connectivity index (χ4n) is 8.18. The van der Waals surface area contributed by atoms with Crippen LogP contribution in [0.15, 0.2) is 77.3 Å². The van der Waals surface area contributed by atoms with Crippen molar-refractivity contribution in [1.29, 1.82) is 0 Å². The molecule has 2 amide bonds. The van der Waals surface area contributed by atoms with Crippen molar-refractivity contribution in [3.05, 3.63) is 89.9 Å². The largest absolute Gasteiger partial charge is 0.469 e. The molecule has 3 aliphatic rings. The fourth-order valence-corrected chi connectivity index (χ4v) is 12.9. The molecule has 3 fully saturated rings. The predicted molar refractivity (Wildman–Crippen MR) is 216 cm³/mol. The lowest BCUT2D eigenvalue weighted by atomic mass is 9.85. The number of methoxy groups -OCH3 is 1. The number of aromatic nitrogens is 3. The number of nitrogens with one attached hydrogen (secondary N) is 3. The van der Waals surface area contributed by atoms with Gasteiger partial charge in [-0.1, -0.05) is 93.5 Å². The molecule has 7 rings (SSSR count). The lowest BCUT2D eigenvalue weighted by Gasteiger charge is -2.44. The van der Waals surface area contributed by atoms with Crippen LogP contribution in [-0.2, 0) is 35.3 Å². The van der Waals surface area contributed by atoms with Crippen LogP contribution in [0.3, 0.4) is 0 Å². The van der Waals surface area contributed by atoms with Crippen molar-refractivity contribution in [1.82, 2.24) is 20.7 Å². The van der Waals surface area contributed by atoms with Crippen LogP contribution >= 0.6 is 0 Å². The molecule has 2 aromatic heterocycles. The Kier molecular flexibility index (Phi) is 12.2. The number of anilines is 1. The zero-order valence-corrected chi connectivity index (χ0v) is 34.8. The number of esters is 1. The summed E-state index contributed by atoms with van der Waals surface area (Å²) in [5.74, 6) is 0.604. The Morgan fingerprint density at radius 1 is 0.929 bits per heavy atom. The lowest BCUT2D eigenvalue weighted by molar-refractivity contribution is -0.145. The minimum Gasteiger partial charge on any atom is -0.469 e. The molecular formula is C43H57N5O7Si. The lowest BCUT2D eigenvalue weighted by Crippen LogP contribution is -2.67. The number of carbonyl (C=O) groups is 3. The molecule has 0 bridgehead atoms. The van der Waals surface area contributed by atoms with Crippen LogP contribution in [0, 0.1) is 12.8 Å². The quantitative estimate of drug-likeness (QED) is 0.109. The summed E-state index contributed by atoms with van der Waals surface area (Å²) in [5.41, 5.74) is 1.39. The molecule has 0 spiro atoms. The summed E-state index contributed by atoms with van der Waals surface area (Å²) in [6.45, 7) is 12.8. The highest BCUT2D eigenvalue weighted by molar-refractivity contribution is 6.99. The second-order valence-corrected chi connectivity index (χ2v) is 21.5. The van der Waals surface area contributed by atoms with Crippen LogP contribution in [0.5, 0.6) is 0 Å². The predicted octanol–water partition coefficient (Wildman–Crippen LogP) is 6.88. The van der Waals surface area contributed by atoms with E-state index in [1.54, 1.807) is 13.0 Å². The number of amides is 2. The summed E-state index contributed by atoms with van der Waals surface area (Å²) < 4.78 is 22.7. The van der Waals surface area contributed by atoms with Gasteiger partial charge in [-0.3, -0.25) is 14.7 Å². The van der Waals surface area contributed by atoms with E-state index in [1.807, 2.05) is 13.0 Å². The molecule has 2 heterocycles. The minimum absolute atomic E-state index is 0.0426. The van der Waals surface area contributed by atoms with Crippen molar-refractivity contribution in [2.24, 2.45) is 5.92 Å². The Balaban J connectivity index is 0.000000190. The molecule has 56 heavy (non-hydrogen) atoms. The normalized spacial score (nSPS) is 22.7. The van der Waals surface area contributed by atoms with E-state index in [-0.39, 0.29) is 58.5 Å². The Hall–Kier alpha value is -4.75. The molecule has 3 aliphatic carbocycles. The highest BCUT2D eigenvalue weighted by Gasteiger charge is 2.52. The van der Waals surface area contributed by atoms with Crippen molar-refractivity contribution in [2.75, 3.05) is 12.4 Å². The van der Waals surface area contributed by atoms with Crippen LogP contribution in [0.25, 0.3) is 0 Å². The average molecular weight is 784 g/mol. The Morgan fingerprint density at radius 3 is 2.16 bits per heavy atom. The number of benzene rings is 2. The van der Waals surface area contributed by atoms with Crippen LogP contribution in [0.2, 0.25) is 5.04 Å². The third kappa shape index (κ3) is 9.61. The number of aromatic amines is 1. The van der Waals surface area contributed by atoms with Gasteiger partial charge in [-0.15, -0.1) is 0 Å². The summed E-state index contributed by atoms with van der Waals surface area (Å²) in [7, 11) is -1.07. The molecule has 3 N–H and O–H groups in total. The molecule has 2 unspecified atom stereocenters. The molecule has 4 aromatic rings. The second-order valence-electron chi connectivity index (χ2n) is 17.3. The van der Waals surface area contributed by atoms with Gasteiger partial charge in [0.05, 0.1) is 25.1 Å². The zero-order chi connectivity index (χ0) is 40.1. The first-order valence-corrected chi connectivity index (χ1v) is 21.7. The highest BCUT2D eigenvalue weighted by atomic mass is 28.4. The number of carbonyl (C=O) groups excluding carboxylic acids is 3. The standard InChI is InChI=1S/C23H30O3Si.C20H27N5O4/c1-23(2,3)27(20-11-7-5-8-12-20,21-13-9-6-10-14-21)26-19-16-15-18(17-19)22(24)25-4;1-12-8-14(29-25-12)9-17(26)21-16-10-15(23-24-16)19(2)5-4-13(11-19)28-18(27)22-20(3)6-7-20/h5-14,18-19H,15-17H2,1-4H3;8,10,13H,4-7,9,11H2,1-3H3,(H,22,27)(H2,21,23,24,26)/t;13-,19+/m.1/s1. The molecular weight excluding hydrogens is 727 g/mol. The molecule has 300 valence electrons. The van der Waals surface area contributed by atoms with Crippen molar-refractivity contribution in [3.63, 3.8) is 0 Å². The molecule has 12 nitrogen and oxygen atoms in total. The Bertz CT molecular complexity index is 1920. The summed E-state index contributed by atoms with van der Waals surface area (Å²) in [4.78, 5) is 36.2. The van der Waals surface area contributed by atoms with Crippen molar-refractivity contribution >= 4 is 42.5 Å². The number of rotatable bonds is 11. The summed E-state index contributed by atoms with van der Waals surface area (Å²) >= 11 is 0. The zero-order valence-electron chi connectivity index (χ0n) is 33.8. The molecule has 0 aliphatic heterocycles. The van der Waals surface area contributed by atoms with E-state index in [4.69, 9.17) is 18.4 Å². The monoisotopic (exact) mass is 783 g/mol. The summed E-state index contributed by atoms with van der Waals surface area (Å²) in [6.07, 6.45) is 6.61. The van der Waals surface area contributed by atoms with Crippen LogP contribution in [0.4, 0.5) is 10.6 Å². The topological polar surface area (TPSA) is 158 Å². The first-order chi connectivity index (χ1) is 26.6. The van der Waals surface area contributed by atoms with E-state index in [1.165, 1.54) is 17.5 Å². The molecule has 4 atom stereocenters. The van der Waals surface area contributed by atoms with Gasteiger partial charge < -0.3 is 29.1 Å². The van der Waals surface area contributed by atoms with Gasteiger partial charge in [0.2, 0.25) is 5.91 Å². The van der Waals surface area contributed by atoms with Gasteiger partial charge in [-0.2, -0.15) is 5.10 Å². The average Bonchev–Trinajstić information content (AvgIpc) is 3.68. The number of H-pyrrole nitrogens is 1. The number of hydrogen-bond donors (Lipinski definition) is 3. The number of ether oxygens (including phenoxy) is 2. The minimum atomic E-state index is -2.54. The van der Waals surface area contributed by atoms with Crippen LogP contribution in [-0.4, -0.2) is 66.5 Å². The van der Waals surface area contributed by atoms with Gasteiger partial charge in [0.15, 0.2) is 5.82 Å². The van der Waals surface area contributed by atoms with Crippen LogP contribution < -0.4 is 21.0 Å². The number of hydrogen-bond acceptors (Lipinski definition) is 9. The first kappa shape index (κ1) is 40.9. The van der Waals surface area contributed by atoms with Crippen LogP contribution in [0.1, 0.15) is 103 Å². The van der Waals surface area contributed by atoms with E-state index < -0.39 is 8.32 Å². The number of aryl methyl sites for hydroxylation is 1. The van der Waals surface area contributed by atoms with E-state index >= 15 is 0 Å². The van der Waals surface area contributed by atoms with E-state index in [0.717, 1.165) is 56.3 Å². The van der Waals surface area contributed by atoms with Gasteiger partial charge >= 0.3 is 12.1 Å². The fraction of sp³-hybridized carbons (Fsp3) is 0.512. The van der Waals surface area contributed by atoms with Crippen molar-refractivity contribution in [2.45, 2.75) is 128 Å². The van der Waals surface area contributed by atoms with Gasteiger partial charge in [0.25, 0.3) is 8.32 Å². The Morgan fingerprint density at radius 2 is 1.59 bits per heavy atom. The van der Waals surface area contributed by atoms with E-state index in [0.29, 0.717) is 18.0 Å². The first-order valence-electron chi connectivity index (χ1n) is 19.7. The summed E-state index contributed by atoms with van der Waals surface area (Å²) in [5, 5.41) is 19.2.